The molecule has 1 unspecified atom stereocenters. The van der Waals surface area contributed by atoms with Crippen molar-refractivity contribution in [1.29, 1.82) is 0 Å². The summed E-state index contributed by atoms with van der Waals surface area (Å²) in [6.07, 6.45) is 1.36. The van der Waals surface area contributed by atoms with E-state index in [9.17, 15) is 13.2 Å². The maximum atomic E-state index is 12.9. The first kappa shape index (κ1) is 17.4. The van der Waals surface area contributed by atoms with Crippen molar-refractivity contribution in [2.24, 2.45) is 0 Å². The molecule has 24 heavy (non-hydrogen) atoms. The van der Waals surface area contributed by atoms with E-state index >= 15 is 0 Å². The van der Waals surface area contributed by atoms with E-state index in [1.807, 2.05) is 25.2 Å². The molecule has 1 aromatic rings. The Morgan fingerprint density at radius 3 is 2.38 bits per heavy atom. The summed E-state index contributed by atoms with van der Waals surface area (Å²) in [5.74, 6) is -0.0751. The van der Waals surface area contributed by atoms with Gasteiger partial charge in [-0.25, -0.2) is 8.42 Å². The largest absolute Gasteiger partial charge is 0.337 e. The van der Waals surface area contributed by atoms with Crippen LogP contribution in [0.25, 0.3) is 0 Å². The Hall–Kier alpha value is -1.44. The van der Waals surface area contributed by atoms with Gasteiger partial charge in [0.05, 0.1) is 5.25 Å². The van der Waals surface area contributed by atoms with E-state index in [0.29, 0.717) is 38.2 Å². The Labute approximate surface area is 144 Å². The van der Waals surface area contributed by atoms with Gasteiger partial charge in [-0.3, -0.25) is 4.79 Å². The molecule has 0 spiro atoms. The number of hydrogen-bond acceptors (Lipinski definition) is 4. The number of carbonyl (C=O) groups is 1. The molecule has 7 heteroatoms. The molecular formula is C17H25N3O3S. The molecule has 2 fully saturated rings. The first-order valence-electron chi connectivity index (χ1n) is 8.50. The van der Waals surface area contributed by atoms with Crippen LogP contribution in [0.1, 0.15) is 23.2 Å². The number of likely N-dealkylation sites (tertiary alicyclic amines) is 1. The standard InChI is InChI=1S/C17H25N3O3S/c1-18-10-12-20(13-11-18)24(22,23)16-8-5-9-19(14-16)17(21)15-6-3-2-4-7-15/h2-4,6-7,16H,5,8-14H2,1H3. The Morgan fingerprint density at radius 1 is 1.04 bits per heavy atom. The highest BCUT2D eigenvalue weighted by atomic mass is 32.2. The van der Waals surface area contributed by atoms with Crippen LogP contribution in [-0.2, 0) is 10.0 Å². The summed E-state index contributed by atoms with van der Waals surface area (Å²) in [6.45, 7) is 3.53. The van der Waals surface area contributed by atoms with Gasteiger partial charge in [-0.1, -0.05) is 18.2 Å². The summed E-state index contributed by atoms with van der Waals surface area (Å²) < 4.78 is 27.4. The van der Waals surface area contributed by atoms with E-state index in [1.165, 1.54) is 0 Å². The Bertz CT molecular complexity index is 670. The van der Waals surface area contributed by atoms with Crippen LogP contribution in [0.2, 0.25) is 0 Å². The fourth-order valence-corrected chi connectivity index (χ4v) is 5.31. The molecule has 0 aromatic heterocycles. The lowest BCUT2D eigenvalue weighted by atomic mass is 10.1. The molecule has 1 aromatic carbocycles. The van der Waals surface area contributed by atoms with Crippen molar-refractivity contribution in [3.8, 4) is 0 Å². The number of piperidine rings is 1. The lowest BCUT2D eigenvalue weighted by Gasteiger charge is -2.38. The topological polar surface area (TPSA) is 60.9 Å². The highest BCUT2D eigenvalue weighted by molar-refractivity contribution is 7.89. The lowest BCUT2D eigenvalue weighted by Crippen LogP contribution is -2.54. The molecule has 0 N–H and O–H groups in total. The predicted molar refractivity (Wildman–Crippen MR) is 93.4 cm³/mol. The van der Waals surface area contributed by atoms with Crippen molar-refractivity contribution in [2.75, 3.05) is 46.3 Å². The number of amides is 1. The zero-order valence-electron chi connectivity index (χ0n) is 14.1. The first-order valence-corrected chi connectivity index (χ1v) is 10.0. The smallest absolute Gasteiger partial charge is 0.253 e. The Kier molecular flexibility index (Phi) is 5.22. The van der Waals surface area contributed by atoms with Crippen molar-refractivity contribution in [3.63, 3.8) is 0 Å². The SMILES string of the molecule is CN1CCN(S(=O)(=O)C2CCCN(C(=O)c3ccccc3)C2)CC1. The molecule has 0 bridgehead atoms. The quantitative estimate of drug-likeness (QED) is 0.811. The average molecular weight is 351 g/mol. The number of rotatable bonds is 3. The molecule has 3 rings (SSSR count). The van der Waals surface area contributed by atoms with Crippen LogP contribution in [0.4, 0.5) is 0 Å². The number of piperazine rings is 1. The first-order chi connectivity index (χ1) is 11.5. The molecule has 6 nitrogen and oxygen atoms in total. The molecule has 2 saturated heterocycles. The Balaban J connectivity index is 1.70. The third-order valence-electron chi connectivity index (χ3n) is 4.93. The maximum Gasteiger partial charge on any atom is 0.253 e. The van der Waals surface area contributed by atoms with Crippen LogP contribution in [0.5, 0.6) is 0 Å². The number of nitrogens with zero attached hydrogens (tertiary/aromatic N) is 3. The highest BCUT2D eigenvalue weighted by Crippen LogP contribution is 2.22. The van der Waals surface area contributed by atoms with Crippen LogP contribution in [0.3, 0.4) is 0 Å². The van der Waals surface area contributed by atoms with Crippen LogP contribution in [-0.4, -0.2) is 80.0 Å². The fraction of sp³-hybridized carbons (Fsp3) is 0.588. The summed E-state index contributed by atoms with van der Waals surface area (Å²) in [5.41, 5.74) is 0.621. The second-order valence-corrected chi connectivity index (χ2v) is 8.84. The van der Waals surface area contributed by atoms with E-state index in [-0.39, 0.29) is 5.91 Å². The number of benzene rings is 1. The molecule has 1 atom stereocenters. The minimum atomic E-state index is -3.34. The number of hydrogen-bond donors (Lipinski definition) is 0. The number of carbonyl (C=O) groups excluding carboxylic acids is 1. The van der Waals surface area contributed by atoms with Gasteiger partial charge in [0.1, 0.15) is 0 Å². The monoisotopic (exact) mass is 351 g/mol. The fourth-order valence-electron chi connectivity index (χ4n) is 3.38. The minimum Gasteiger partial charge on any atom is -0.337 e. The predicted octanol–water partition coefficient (Wildman–Crippen LogP) is 0.868. The molecule has 1 amide bonds. The van der Waals surface area contributed by atoms with E-state index < -0.39 is 15.3 Å². The van der Waals surface area contributed by atoms with Gasteiger partial charge in [0.2, 0.25) is 10.0 Å². The van der Waals surface area contributed by atoms with E-state index in [1.54, 1.807) is 21.3 Å². The zero-order valence-corrected chi connectivity index (χ0v) is 14.9. The normalized spacial score (nSPS) is 24.0. The molecule has 0 radical (unpaired) electrons. The van der Waals surface area contributed by atoms with Gasteiger partial charge in [0.15, 0.2) is 0 Å². The Morgan fingerprint density at radius 2 is 1.71 bits per heavy atom. The van der Waals surface area contributed by atoms with E-state index in [2.05, 4.69) is 4.90 Å². The second kappa shape index (κ2) is 7.21. The van der Waals surface area contributed by atoms with E-state index in [0.717, 1.165) is 19.5 Å². The van der Waals surface area contributed by atoms with Crippen molar-refractivity contribution < 1.29 is 13.2 Å². The second-order valence-electron chi connectivity index (χ2n) is 6.63. The van der Waals surface area contributed by atoms with E-state index in [4.69, 9.17) is 0 Å². The van der Waals surface area contributed by atoms with Crippen LogP contribution in [0, 0.1) is 0 Å². The van der Waals surface area contributed by atoms with Gasteiger partial charge in [-0.05, 0) is 32.0 Å². The van der Waals surface area contributed by atoms with Gasteiger partial charge in [0, 0.05) is 44.8 Å². The third kappa shape index (κ3) is 3.63. The zero-order chi connectivity index (χ0) is 17.2. The van der Waals surface area contributed by atoms with Crippen LogP contribution in [0.15, 0.2) is 30.3 Å². The van der Waals surface area contributed by atoms with Gasteiger partial charge in [-0.15, -0.1) is 0 Å². The molecule has 0 saturated carbocycles. The molecule has 2 heterocycles. The van der Waals surface area contributed by atoms with Gasteiger partial charge in [-0.2, -0.15) is 4.31 Å². The van der Waals surface area contributed by atoms with Crippen LogP contribution < -0.4 is 0 Å². The summed E-state index contributed by atoms with van der Waals surface area (Å²) in [4.78, 5) is 16.4. The van der Waals surface area contributed by atoms with Crippen molar-refractivity contribution in [2.45, 2.75) is 18.1 Å². The maximum absolute atomic E-state index is 12.9. The summed E-state index contributed by atoms with van der Waals surface area (Å²) >= 11 is 0. The number of likely N-dealkylation sites (N-methyl/N-ethyl adjacent to an activating group) is 1. The summed E-state index contributed by atoms with van der Waals surface area (Å²) in [5, 5.41) is -0.484. The van der Waals surface area contributed by atoms with Crippen molar-refractivity contribution in [3.05, 3.63) is 35.9 Å². The summed E-state index contributed by atoms with van der Waals surface area (Å²) in [7, 11) is -1.34. The molecule has 2 aliphatic rings. The van der Waals surface area contributed by atoms with Gasteiger partial charge >= 0.3 is 0 Å². The third-order valence-corrected chi connectivity index (χ3v) is 7.24. The van der Waals surface area contributed by atoms with Gasteiger partial charge < -0.3 is 9.80 Å². The van der Waals surface area contributed by atoms with Crippen LogP contribution >= 0.6 is 0 Å². The molecule has 2 aliphatic heterocycles. The summed E-state index contributed by atoms with van der Waals surface area (Å²) in [6, 6.07) is 9.08. The molecule has 132 valence electrons. The van der Waals surface area contributed by atoms with Gasteiger partial charge in [0.25, 0.3) is 5.91 Å². The molecule has 0 aliphatic carbocycles. The molecular weight excluding hydrogens is 326 g/mol. The average Bonchev–Trinajstić information content (AvgIpc) is 2.62. The minimum absolute atomic E-state index is 0.0751. The lowest BCUT2D eigenvalue weighted by molar-refractivity contribution is 0.0725. The van der Waals surface area contributed by atoms with Crippen molar-refractivity contribution >= 4 is 15.9 Å². The highest BCUT2D eigenvalue weighted by Gasteiger charge is 2.37. The number of sulfonamides is 1. The van der Waals surface area contributed by atoms with Crippen molar-refractivity contribution in [1.82, 2.24) is 14.1 Å².